The molecular formula is C20H26N3O2-. The number of hydrazine groups is 1. The Labute approximate surface area is 148 Å². The molecule has 0 unspecified atom stereocenters. The van der Waals surface area contributed by atoms with E-state index in [1.807, 2.05) is 0 Å². The standard InChI is InChI=1S/C20H26N3O2/c24-23(25)22-12-11-21-18-10-9-15(14-5-2-1-3-6-14)13-17(18)16-7-4-8-19(22)20(16)21/h9-10,13-14,19,24H,1-8,11-12H2/q-1/t19-/m1/s1. The molecule has 1 atom stereocenters. The molecule has 2 aromatic rings. The van der Waals surface area contributed by atoms with Crippen molar-refractivity contribution in [1.29, 1.82) is 0 Å². The molecule has 134 valence electrons. The third-order valence-corrected chi connectivity index (χ3v) is 6.67. The van der Waals surface area contributed by atoms with Gasteiger partial charge in [-0.2, -0.15) is 5.34 Å². The quantitative estimate of drug-likeness (QED) is 0.819. The average Bonchev–Trinajstić information content (AvgIpc) is 2.98. The summed E-state index contributed by atoms with van der Waals surface area (Å²) in [6.07, 6.45) is 9.84. The minimum Gasteiger partial charge on any atom is -0.748 e. The van der Waals surface area contributed by atoms with Crippen LogP contribution in [0, 0.1) is 5.21 Å². The van der Waals surface area contributed by atoms with Crippen molar-refractivity contribution in [1.82, 2.24) is 14.9 Å². The van der Waals surface area contributed by atoms with Gasteiger partial charge in [-0.3, -0.25) is 0 Å². The van der Waals surface area contributed by atoms with Crippen LogP contribution in [0.25, 0.3) is 10.9 Å². The molecule has 0 radical (unpaired) electrons. The van der Waals surface area contributed by atoms with Gasteiger partial charge in [0.25, 0.3) is 0 Å². The number of aromatic nitrogens is 1. The molecule has 0 bridgehead atoms. The minimum atomic E-state index is 0.0190. The maximum absolute atomic E-state index is 11.6. The highest BCUT2D eigenvalue weighted by molar-refractivity contribution is 5.87. The van der Waals surface area contributed by atoms with E-state index < -0.39 is 0 Å². The van der Waals surface area contributed by atoms with Gasteiger partial charge >= 0.3 is 0 Å². The van der Waals surface area contributed by atoms with Crippen LogP contribution in [-0.4, -0.2) is 26.7 Å². The molecule has 1 aromatic heterocycles. The Hall–Kier alpha value is -1.40. The second kappa shape index (κ2) is 6.09. The van der Waals surface area contributed by atoms with Gasteiger partial charge in [0.15, 0.2) is 0 Å². The zero-order valence-corrected chi connectivity index (χ0v) is 14.7. The molecule has 1 aliphatic heterocycles. The number of fused-ring (bicyclic) bond motifs is 3. The summed E-state index contributed by atoms with van der Waals surface area (Å²) in [7, 11) is 0. The van der Waals surface area contributed by atoms with Crippen LogP contribution in [0.4, 0.5) is 0 Å². The van der Waals surface area contributed by atoms with E-state index >= 15 is 0 Å². The Kier molecular flexibility index (Phi) is 3.86. The molecule has 25 heavy (non-hydrogen) atoms. The second-order valence-electron chi connectivity index (χ2n) is 7.95. The van der Waals surface area contributed by atoms with Gasteiger partial charge in [0.2, 0.25) is 0 Å². The lowest BCUT2D eigenvalue weighted by Gasteiger charge is -2.45. The highest BCUT2D eigenvalue weighted by atomic mass is 16.8. The van der Waals surface area contributed by atoms with Crippen LogP contribution in [0.15, 0.2) is 18.2 Å². The molecule has 0 saturated heterocycles. The summed E-state index contributed by atoms with van der Waals surface area (Å²) in [6.45, 7) is 1.34. The van der Waals surface area contributed by atoms with Crippen LogP contribution in [-0.2, 0) is 13.0 Å². The number of benzene rings is 1. The summed E-state index contributed by atoms with van der Waals surface area (Å²) in [5, 5.41) is 24.1. The fourth-order valence-electron chi connectivity index (χ4n) is 5.50. The van der Waals surface area contributed by atoms with Crippen molar-refractivity contribution in [2.75, 3.05) is 6.54 Å². The van der Waals surface area contributed by atoms with Crippen LogP contribution in [0.5, 0.6) is 0 Å². The molecule has 1 aromatic carbocycles. The SMILES string of the molecule is [O-]N(O)N1CCn2c3c(c4cc(C5CCCCC5)ccc42)CCC[C@H]31. The number of hydrogen-bond donors (Lipinski definition) is 1. The lowest BCUT2D eigenvalue weighted by atomic mass is 9.83. The van der Waals surface area contributed by atoms with Crippen LogP contribution in [0.1, 0.15) is 73.7 Å². The van der Waals surface area contributed by atoms with E-state index in [1.165, 1.54) is 59.8 Å². The van der Waals surface area contributed by atoms with Crippen molar-refractivity contribution >= 4 is 10.9 Å². The van der Waals surface area contributed by atoms with Gasteiger partial charge in [-0.15, -0.1) is 0 Å². The average molecular weight is 340 g/mol. The van der Waals surface area contributed by atoms with Crippen molar-refractivity contribution in [3.8, 4) is 0 Å². The molecule has 3 aliphatic rings. The maximum Gasteiger partial charge on any atom is 0.0663 e. The van der Waals surface area contributed by atoms with E-state index in [1.54, 1.807) is 5.01 Å². The molecule has 5 heteroatoms. The number of rotatable bonds is 2. The summed E-state index contributed by atoms with van der Waals surface area (Å²) in [4.78, 5) is 0. The lowest BCUT2D eigenvalue weighted by Crippen LogP contribution is -2.46. The first kappa shape index (κ1) is 15.8. The topological polar surface area (TPSA) is 54.7 Å². The van der Waals surface area contributed by atoms with E-state index in [9.17, 15) is 10.4 Å². The first-order chi connectivity index (χ1) is 12.2. The summed E-state index contributed by atoms with van der Waals surface area (Å²) >= 11 is 0. The van der Waals surface area contributed by atoms with Crippen molar-refractivity contribution < 1.29 is 5.21 Å². The summed E-state index contributed by atoms with van der Waals surface area (Å²) in [5.41, 5.74) is 5.49. The molecule has 1 saturated carbocycles. The molecule has 2 heterocycles. The first-order valence-electron chi connectivity index (χ1n) is 9.81. The molecule has 0 spiro atoms. The fourth-order valence-corrected chi connectivity index (χ4v) is 5.50. The Morgan fingerprint density at radius 2 is 1.88 bits per heavy atom. The first-order valence-corrected chi connectivity index (χ1v) is 9.81. The largest absolute Gasteiger partial charge is 0.748 e. The van der Waals surface area contributed by atoms with Gasteiger partial charge in [0, 0.05) is 29.7 Å². The zero-order chi connectivity index (χ0) is 17.0. The van der Waals surface area contributed by atoms with Crippen molar-refractivity contribution in [3.63, 3.8) is 0 Å². The van der Waals surface area contributed by atoms with Crippen LogP contribution < -0.4 is 0 Å². The summed E-state index contributed by atoms with van der Waals surface area (Å²) < 4.78 is 2.40. The van der Waals surface area contributed by atoms with E-state index in [4.69, 9.17) is 0 Å². The van der Waals surface area contributed by atoms with Crippen molar-refractivity contribution in [2.45, 2.75) is 69.9 Å². The minimum absolute atomic E-state index is 0.0190. The molecule has 1 N–H and O–H groups in total. The second-order valence-corrected chi connectivity index (χ2v) is 7.95. The van der Waals surface area contributed by atoms with Crippen molar-refractivity contribution in [3.05, 3.63) is 40.2 Å². The molecule has 1 fully saturated rings. The zero-order valence-electron chi connectivity index (χ0n) is 14.7. The van der Waals surface area contributed by atoms with E-state index in [0.717, 1.165) is 25.8 Å². The monoisotopic (exact) mass is 340 g/mol. The molecular weight excluding hydrogens is 314 g/mol. The van der Waals surface area contributed by atoms with Gasteiger partial charge in [0.1, 0.15) is 0 Å². The van der Waals surface area contributed by atoms with Gasteiger partial charge in [0.05, 0.1) is 6.04 Å². The van der Waals surface area contributed by atoms with Gasteiger partial charge in [-0.1, -0.05) is 25.3 Å². The highest BCUT2D eigenvalue weighted by Gasteiger charge is 2.35. The maximum atomic E-state index is 11.6. The number of nitrogens with zero attached hydrogens (tertiary/aromatic N) is 3. The normalized spacial score (nSPS) is 24.8. The Morgan fingerprint density at radius 3 is 2.68 bits per heavy atom. The third-order valence-electron chi connectivity index (χ3n) is 6.67. The molecule has 2 aliphatic carbocycles. The van der Waals surface area contributed by atoms with Crippen molar-refractivity contribution in [2.24, 2.45) is 0 Å². The van der Waals surface area contributed by atoms with E-state index in [2.05, 4.69) is 22.8 Å². The predicted molar refractivity (Wildman–Crippen MR) is 97.1 cm³/mol. The Morgan fingerprint density at radius 1 is 1.04 bits per heavy atom. The van der Waals surface area contributed by atoms with E-state index in [-0.39, 0.29) is 11.4 Å². The van der Waals surface area contributed by atoms with Gasteiger partial charge in [-0.05, 0) is 61.3 Å². The summed E-state index contributed by atoms with van der Waals surface area (Å²) in [6, 6.07) is 7.09. The summed E-state index contributed by atoms with van der Waals surface area (Å²) in [5.74, 6) is 0.715. The van der Waals surface area contributed by atoms with Gasteiger partial charge < -0.3 is 15.0 Å². The number of aryl methyl sites for hydroxylation is 1. The molecule has 5 rings (SSSR count). The Balaban J connectivity index is 1.63. The molecule has 5 nitrogen and oxygen atoms in total. The van der Waals surface area contributed by atoms with E-state index in [0.29, 0.717) is 12.5 Å². The van der Waals surface area contributed by atoms with Crippen LogP contribution >= 0.6 is 0 Å². The fraction of sp³-hybridized carbons (Fsp3) is 0.600. The van der Waals surface area contributed by atoms with Gasteiger partial charge in [-0.25, -0.2) is 5.01 Å². The third kappa shape index (κ3) is 2.45. The smallest absolute Gasteiger partial charge is 0.0663 e. The highest BCUT2D eigenvalue weighted by Crippen LogP contribution is 2.44. The Bertz CT molecular complexity index is 792. The number of hydrogen-bond acceptors (Lipinski definition) is 4. The molecule has 0 amide bonds. The van der Waals surface area contributed by atoms with Crippen LogP contribution in [0.3, 0.4) is 0 Å². The predicted octanol–water partition coefficient (Wildman–Crippen LogP) is 4.49. The van der Waals surface area contributed by atoms with Crippen LogP contribution in [0.2, 0.25) is 0 Å². The lowest BCUT2D eigenvalue weighted by molar-refractivity contribution is -0.233.